The van der Waals surface area contributed by atoms with Crippen LogP contribution in [0.2, 0.25) is 0 Å². The molecule has 1 atom stereocenters. The lowest BCUT2D eigenvalue weighted by molar-refractivity contribution is -0.136. The Hall–Kier alpha value is -6.37. The number of imide groups is 2. The predicted molar refractivity (Wildman–Crippen MR) is 192 cm³/mol. The summed E-state index contributed by atoms with van der Waals surface area (Å²) >= 11 is 0. The Bertz CT molecular complexity index is 2230. The second-order valence-electron chi connectivity index (χ2n) is 14.1. The molecular formula is C40H36N6O7. The fraction of sp³-hybridized carbons (Fsp3) is 0.275. The number of fused-ring (bicyclic) bond motifs is 1. The molecule has 13 heteroatoms. The molecule has 3 aliphatic rings. The van der Waals surface area contributed by atoms with E-state index in [0.717, 1.165) is 34.6 Å². The van der Waals surface area contributed by atoms with Crippen molar-refractivity contribution in [2.24, 2.45) is 0 Å². The summed E-state index contributed by atoms with van der Waals surface area (Å²) in [7, 11) is 0. The molecule has 1 aliphatic carbocycles. The SMILES string of the molecule is Cc1nc(-c2ccc(Oc3ccc(C(C)(C)c4ccc(O[C@H]5C[C@H](Nc6ccc7c(c6)C(=O)N(C6CCC(=O)NC6=O)C7=O)C5)cc4)cc3)cn2)no1. The number of nitrogens with one attached hydrogen (secondary N) is 2. The Labute approximate surface area is 304 Å². The van der Waals surface area contributed by atoms with Crippen molar-refractivity contribution in [1.82, 2.24) is 25.3 Å². The largest absolute Gasteiger partial charge is 0.490 e. The van der Waals surface area contributed by atoms with Gasteiger partial charge < -0.3 is 19.3 Å². The quantitative estimate of drug-likeness (QED) is 0.164. The van der Waals surface area contributed by atoms with Crippen LogP contribution in [0.3, 0.4) is 0 Å². The van der Waals surface area contributed by atoms with Gasteiger partial charge in [0.15, 0.2) is 0 Å². The number of piperidine rings is 1. The summed E-state index contributed by atoms with van der Waals surface area (Å²) in [6.45, 7) is 6.09. The Morgan fingerprint density at radius 2 is 1.53 bits per heavy atom. The highest BCUT2D eigenvalue weighted by atomic mass is 16.5. The summed E-state index contributed by atoms with van der Waals surface area (Å²) in [6.07, 6.45) is 3.41. The van der Waals surface area contributed by atoms with Crippen LogP contribution in [0.25, 0.3) is 11.5 Å². The zero-order valence-electron chi connectivity index (χ0n) is 29.3. The van der Waals surface area contributed by atoms with Crippen LogP contribution in [0.5, 0.6) is 17.2 Å². The van der Waals surface area contributed by atoms with Crippen LogP contribution in [0.4, 0.5) is 5.69 Å². The molecule has 0 bridgehead atoms. The smallest absolute Gasteiger partial charge is 0.262 e. The summed E-state index contributed by atoms with van der Waals surface area (Å²) in [5, 5.41) is 9.55. The van der Waals surface area contributed by atoms with Gasteiger partial charge in [-0.3, -0.25) is 29.4 Å². The number of benzene rings is 3. The van der Waals surface area contributed by atoms with Crippen molar-refractivity contribution in [3.63, 3.8) is 0 Å². The molecule has 8 rings (SSSR count). The molecule has 0 radical (unpaired) electrons. The van der Waals surface area contributed by atoms with E-state index in [0.29, 0.717) is 34.6 Å². The maximum atomic E-state index is 13.2. The minimum absolute atomic E-state index is 0.0362. The van der Waals surface area contributed by atoms with Crippen LogP contribution in [-0.4, -0.2) is 61.8 Å². The standard InChI is InChI=1S/C40H36N6O7/c1-22-42-36(45-53-22)33-15-13-29(21-41-33)51-27-9-4-23(5-10-27)40(2,3)24-6-11-28(12-7-24)52-30-18-26(19-30)43-25-8-14-31-32(20-25)39(50)46(38(31)49)34-16-17-35(47)44-37(34)48/h4-15,20-21,26,30,34,43H,16-19H2,1-3H3,(H,44,47,48)/t26-,30-,34?. The summed E-state index contributed by atoms with van der Waals surface area (Å²) in [5.74, 6) is 0.930. The molecule has 1 unspecified atom stereocenters. The molecule has 3 aromatic carbocycles. The molecular weight excluding hydrogens is 676 g/mol. The Balaban J connectivity index is 0.829. The van der Waals surface area contributed by atoms with E-state index in [9.17, 15) is 19.2 Å². The normalized spacial score (nSPS) is 19.8. The molecule has 4 amide bonds. The van der Waals surface area contributed by atoms with Crippen molar-refractivity contribution in [2.75, 3.05) is 5.32 Å². The van der Waals surface area contributed by atoms with Crippen LogP contribution >= 0.6 is 0 Å². The Morgan fingerprint density at radius 1 is 0.849 bits per heavy atom. The molecule has 2 N–H and O–H groups in total. The molecule has 5 aromatic rings. The first kappa shape index (κ1) is 33.8. The number of rotatable bonds is 10. The average Bonchev–Trinajstić information content (AvgIpc) is 3.68. The minimum atomic E-state index is -0.989. The number of aromatic nitrogens is 3. The van der Waals surface area contributed by atoms with E-state index in [1.54, 1.807) is 37.4 Å². The van der Waals surface area contributed by atoms with Crippen molar-refractivity contribution < 1.29 is 33.2 Å². The Kier molecular flexibility index (Phi) is 8.48. The number of carbonyl (C=O) groups is 4. The summed E-state index contributed by atoms with van der Waals surface area (Å²) in [5.41, 5.74) is 3.83. The van der Waals surface area contributed by atoms with Crippen molar-refractivity contribution in [2.45, 2.75) is 70.1 Å². The van der Waals surface area contributed by atoms with E-state index in [2.05, 4.69) is 63.9 Å². The van der Waals surface area contributed by atoms with Gasteiger partial charge in [-0.15, -0.1) is 0 Å². The predicted octanol–water partition coefficient (Wildman–Crippen LogP) is 5.98. The van der Waals surface area contributed by atoms with Gasteiger partial charge in [0.2, 0.25) is 23.5 Å². The lowest BCUT2D eigenvalue weighted by Crippen LogP contribution is -2.54. The van der Waals surface area contributed by atoms with Crippen molar-refractivity contribution in [3.8, 4) is 28.8 Å². The van der Waals surface area contributed by atoms with Gasteiger partial charge in [-0.1, -0.05) is 43.3 Å². The lowest BCUT2D eigenvalue weighted by Gasteiger charge is -2.36. The summed E-state index contributed by atoms with van der Waals surface area (Å²) in [6, 6.07) is 24.0. The van der Waals surface area contributed by atoms with Crippen LogP contribution in [-0.2, 0) is 15.0 Å². The number of anilines is 1. The van der Waals surface area contributed by atoms with Crippen LogP contribution in [0.15, 0.2) is 89.6 Å². The summed E-state index contributed by atoms with van der Waals surface area (Å²) < 4.78 is 17.3. The molecule has 4 heterocycles. The van der Waals surface area contributed by atoms with Gasteiger partial charge in [0.05, 0.1) is 17.3 Å². The van der Waals surface area contributed by atoms with Gasteiger partial charge in [-0.05, 0) is 72.1 Å². The van der Waals surface area contributed by atoms with E-state index in [-0.39, 0.29) is 41.5 Å². The van der Waals surface area contributed by atoms with Crippen molar-refractivity contribution in [3.05, 3.63) is 113 Å². The minimum Gasteiger partial charge on any atom is -0.490 e. The van der Waals surface area contributed by atoms with E-state index in [1.165, 1.54) is 0 Å². The molecule has 1 saturated carbocycles. The average molecular weight is 713 g/mol. The van der Waals surface area contributed by atoms with Crippen molar-refractivity contribution >= 4 is 29.3 Å². The number of hydrogen-bond acceptors (Lipinski definition) is 11. The highest BCUT2D eigenvalue weighted by molar-refractivity contribution is 6.23. The first-order chi connectivity index (χ1) is 25.5. The second kappa shape index (κ2) is 13.3. The number of aryl methyl sites for hydroxylation is 1. The van der Waals surface area contributed by atoms with Crippen LogP contribution in [0, 0.1) is 6.92 Å². The highest BCUT2D eigenvalue weighted by Crippen LogP contribution is 2.36. The third kappa shape index (κ3) is 6.61. The molecule has 53 heavy (non-hydrogen) atoms. The van der Waals surface area contributed by atoms with Crippen LogP contribution in [0.1, 0.15) is 77.3 Å². The number of hydrogen-bond donors (Lipinski definition) is 2. The zero-order chi connectivity index (χ0) is 36.9. The lowest BCUT2D eigenvalue weighted by atomic mass is 9.78. The third-order valence-electron chi connectivity index (χ3n) is 10.1. The highest BCUT2D eigenvalue weighted by Gasteiger charge is 2.45. The molecule has 2 fully saturated rings. The number of pyridine rings is 1. The zero-order valence-corrected chi connectivity index (χ0v) is 29.3. The summed E-state index contributed by atoms with van der Waals surface area (Å²) in [4.78, 5) is 59.6. The molecule has 2 aliphatic heterocycles. The fourth-order valence-electron chi connectivity index (χ4n) is 6.94. The van der Waals surface area contributed by atoms with Gasteiger partial charge in [0, 0.05) is 43.3 Å². The number of ether oxygens (including phenoxy) is 2. The maximum Gasteiger partial charge on any atom is 0.262 e. The van der Waals surface area contributed by atoms with E-state index in [1.807, 2.05) is 30.3 Å². The number of nitrogens with zero attached hydrogens (tertiary/aromatic N) is 4. The number of amides is 4. The van der Waals surface area contributed by atoms with Gasteiger partial charge >= 0.3 is 0 Å². The van der Waals surface area contributed by atoms with Gasteiger partial charge in [0.1, 0.15) is 35.1 Å². The molecule has 13 nitrogen and oxygen atoms in total. The maximum absolute atomic E-state index is 13.2. The van der Waals surface area contributed by atoms with Gasteiger partial charge in [-0.2, -0.15) is 4.98 Å². The molecule has 1 saturated heterocycles. The van der Waals surface area contributed by atoms with E-state index >= 15 is 0 Å². The molecule has 2 aromatic heterocycles. The Morgan fingerprint density at radius 3 is 2.17 bits per heavy atom. The fourth-order valence-corrected chi connectivity index (χ4v) is 6.94. The van der Waals surface area contributed by atoms with Gasteiger partial charge in [-0.25, -0.2) is 4.98 Å². The van der Waals surface area contributed by atoms with Crippen LogP contribution < -0.4 is 20.1 Å². The second-order valence-corrected chi connectivity index (χ2v) is 14.1. The first-order valence-electron chi connectivity index (χ1n) is 17.5. The van der Waals surface area contributed by atoms with Crippen molar-refractivity contribution in [1.29, 1.82) is 0 Å². The number of carbonyl (C=O) groups excluding carboxylic acids is 4. The third-order valence-corrected chi connectivity index (χ3v) is 10.1. The first-order valence-corrected chi connectivity index (χ1v) is 17.5. The van der Waals surface area contributed by atoms with E-state index in [4.69, 9.17) is 14.0 Å². The monoisotopic (exact) mass is 712 g/mol. The van der Waals surface area contributed by atoms with E-state index < -0.39 is 29.7 Å². The van der Waals surface area contributed by atoms with Gasteiger partial charge in [0.25, 0.3) is 11.8 Å². The topological polar surface area (TPSA) is 166 Å². The molecule has 0 spiro atoms. The molecule has 268 valence electrons.